The van der Waals surface area contributed by atoms with Crippen molar-refractivity contribution in [3.63, 3.8) is 0 Å². The highest BCUT2D eigenvalue weighted by molar-refractivity contribution is 5.89. The maximum atomic E-state index is 12.5. The Hall–Kier alpha value is -2.03. The lowest BCUT2D eigenvalue weighted by molar-refractivity contribution is -0.128. The molecule has 4 atom stereocenters. The van der Waals surface area contributed by atoms with Gasteiger partial charge in [0.15, 0.2) is 6.10 Å². The van der Waals surface area contributed by atoms with E-state index >= 15 is 0 Å². The average molecular weight is 309 g/mol. The van der Waals surface area contributed by atoms with Crippen molar-refractivity contribution in [2.45, 2.75) is 44.8 Å². The summed E-state index contributed by atoms with van der Waals surface area (Å²) in [6, 6.07) is 14.4. The first-order valence-electron chi connectivity index (χ1n) is 8.65. The summed E-state index contributed by atoms with van der Waals surface area (Å²) >= 11 is 0. The molecule has 2 fully saturated rings. The van der Waals surface area contributed by atoms with Gasteiger partial charge >= 0.3 is 0 Å². The van der Waals surface area contributed by atoms with Crippen molar-refractivity contribution in [3.05, 3.63) is 42.5 Å². The molecule has 0 aliphatic heterocycles. The fourth-order valence-electron chi connectivity index (χ4n) is 4.26. The standard InChI is InChI=1S/C20H23NO2/c1-13(20(22)21-18-12-14-9-10-16(18)11-14)23-19-8-4-6-15-5-2-3-7-17(15)19/h2-8,13-14,16,18H,9-12H2,1H3,(H,21,22). The summed E-state index contributed by atoms with van der Waals surface area (Å²) in [5.41, 5.74) is 0. The molecule has 2 saturated carbocycles. The van der Waals surface area contributed by atoms with Crippen LogP contribution in [0.4, 0.5) is 0 Å². The van der Waals surface area contributed by atoms with Crippen molar-refractivity contribution in [3.8, 4) is 5.75 Å². The van der Waals surface area contributed by atoms with E-state index in [1.165, 1.54) is 19.3 Å². The number of benzene rings is 2. The molecule has 4 rings (SSSR count). The summed E-state index contributed by atoms with van der Waals surface area (Å²) in [5, 5.41) is 5.40. The minimum Gasteiger partial charge on any atom is -0.480 e. The number of carbonyl (C=O) groups is 1. The molecule has 2 aliphatic carbocycles. The molecular weight excluding hydrogens is 286 g/mol. The fraction of sp³-hybridized carbons (Fsp3) is 0.450. The van der Waals surface area contributed by atoms with Gasteiger partial charge in [-0.3, -0.25) is 4.79 Å². The molecule has 2 aromatic carbocycles. The van der Waals surface area contributed by atoms with Crippen LogP contribution in [0.3, 0.4) is 0 Å². The first kappa shape index (κ1) is 14.6. The van der Waals surface area contributed by atoms with E-state index < -0.39 is 6.10 Å². The summed E-state index contributed by atoms with van der Waals surface area (Å²) in [4.78, 5) is 12.5. The second kappa shape index (κ2) is 5.88. The second-order valence-corrected chi connectivity index (χ2v) is 7.03. The van der Waals surface area contributed by atoms with E-state index in [0.717, 1.165) is 28.9 Å². The number of fused-ring (bicyclic) bond motifs is 3. The van der Waals surface area contributed by atoms with Crippen LogP contribution in [-0.2, 0) is 4.79 Å². The summed E-state index contributed by atoms with van der Waals surface area (Å²) in [6.07, 6.45) is 4.59. The third kappa shape index (κ3) is 2.80. The van der Waals surface area contributed by atoms with Crippen LogP contribution < -0.4 is 10.1 Å². The van der Waals surface area contributed by atoms with Gasteiger partial charge in [-0.05, 0) is 49.5 Å². The Morgan fingerprint density at radius 2 is 1.96 bits per heavy atom. The minimum absolute atomic E-state index is 0.00971. The molecule has 1 amide bonds. The van der Waals surface area contributed by atoms with Crippen LogP contribution in [0.2, 0.25) is 0 Å². The molecule has 23 heavy (non-hydrogen) atoms. The van der Waals surface area contributed by atoms with Crippen LogP contribution in [0.25, 0.3) is 10.8 Å². The third-order valence-corrected chi connectivity index (χ3v) is 5.49. The van der Waals surface area contributed by atoms with Crippen molar-refractivity contribution in [1.82, 2.24) is 5.32 Å². The van der Waals surface area contributed by atoms with Crippen LogP contribution in [0.5, 0.6) is 5.75 Å². The van der Waals surface area contributed by atoms with E-state index in [9.17, 15) is 4.79 Å². The molecule has 2 aromatic rings. The van der Waals surface area contributed by atoms with Crippen LogP contribution in [0.1, 0.15) is 32.6 Å². The van der Waals surface area contributed by atoms with Gasteiger partial charge in [0, 0.05) is 11.4 Å². The number of amides is 1. The SMILES string of the molecule is CC(Oc1cccc2ccccc12)C(=O)NC1CC2CCC1C2. The predicted molar refractivity (Wildman–Crippen MR) is 91.4 cm³/mol. The molecule has 0 radical (unpaired) electrons. The zero-order valence-corrected chi connectivity index (χ0v) is 13.5. The number of rotatable bonds is 4. The van der Waals surface area contributed by atoms with Gasteiger partial charge < -0.3 is 10.1 Å². The van der Waals surface area contributed by atoms with Gasteiger partial charge in [0.2, 0.25) is 0 Å². The van der Waals surface area contributed by atoms with E-state index in [2.05, 4.69) is 17.4 Å². The van der Waals surface area contributed by atoms with Crippen LogP contribution in [-0.4, -0.2) is 18.1 Å². The summed E-state index contributed by atoms with van der Waals surface area (Å²) in [7, 11) is 0. The van der Waals surface area contributed by atoms with Gasteiger partial charge in [0.25, 0.3) is 5.91 Å². The zero-order chi connectivity index (χ0) is 15.8. The first-order valence-corrected chi connectivity index (χ1v) is 8.65. The molecule has 3 heteroatoms. The Balaban J connectivity index is 1.44. The molecule has 3 nitrogen and oxygen atoms in total. The topological polar surface area (TPSA) is 38.3 Å². The lowest BCUT2D eigenvalue weighted by Gasteiger charge is -2.25. The lowest BCUT2D eigenvalue weighted by atomic mass is 9.95. The highest BCUT2D eigenvalue weighted by atomic mass is 16.5. The molecule has 0 aromatic heterocycles. The predicted octanol–water partition coefficient (Wildman–Crippen LogP) is 3.91. The van der Waals surface area contributed by atoms with Gasteiger partial charge in [-0.1, -0.05) is 42.8 Å². The maximum Gasteiger partial charge on any atom is 0.261 e. The van der Waals surface area contributed by atoms with Crippen molar-refractivity contribution in [1.29, 1.82) is 0 Å². The van der Waals surface area contributed by atoms with Crippen molar-refractivity contribution >= 4 is 16.7 Å². The van der Waals surface area contributed by atoms with Crippen molar-refractivity contribution in [2.24, 2.45) is 11.8 Å². The van der Waals surface area contributed by atoms with E-state index in [0.29, 0.717) is 12.0 Å². The second-order valence-electron chi connectivity index (χ2n) is 7.03. The largest absolute Gasteiger partial charge is 0.480 e. The Kier molecular flexibility index (Phi) is 3.72. The number of hydrogen-bond acceptors (Lipinski definition) is 2. The smallest absolute Gasteiger partial charge is 0.261 e. The van der Waals surface area contributed by atoms with Gasteiger partial charge in [-0.25, -0.2) is 0 Å². The highest BCUT2D eigenvalue weighted by Crippen LogP contribution is 2.44. The normalized spacial score (nSPS) is 27.1. The van der Waals surface area contributed by atoms with E-state index in [4.69, 9.17) is 4.74 Å². The first-order chi connectivity index (χ1) is 11.2. The van der Waals surface area contributed by atoms with E-state index in [1.54, 1.807) is 0 Å². The van der Waals surface area contributed by atoms with Crippen molar-refractivity contribution < 1.29 is 9.53 Å². The molecule has 0 spiro atoms. The van der Waals surface area contributed by atoms with Crippen LogP contribution in [0, 0.1) is 11.8 Å². The monoisotopic (exact) mass is 309 g/mol. The number of carbonyl (C=O) groups excluding carboxylic acids is 1. The van der Waals surface area contributed by atoms with Crippen LogP contribution >= 0.6 is 0 Å². The zero-order valence-electron chi connectivity index (χ0n) is 13.5. The Labute approximate surface area is 137 Å². The van der Waals surface area contributed by atoms with Crippen molar-refractivity contribution in [2.75, 3.05) is 0 Å². The summed E-state index contributed by atoms with van der Waals surface area (Å²) in [6.45, 7) is 1.84. The number of hydrogen-bond donors (Lipinski definition) is 1. The maximum absolute atomic E-state index is 12.5. The number of nitrogens with one attached hydrogen (secondary N) is 1. The van der Waals surface area contributed by atoms with Gasteiger partial charge in [0.05, 0.1) is 0 Å². The third-order valence-electron chi connectivity index (χ3n) is 5.49. The van der Waals surface area contributed by atoms with Gasteiger partial charge in [0.1, 0.15) is 5.75 Å². The summed E-state index contributed by atoms with van der Waals surface area (Å²) in [5.74, 6) is 2.31. The molecule has 4 unspecified atom stereocenters. The highest BCUT2D eigenvalue weighted by Gasteiger charge is 2.40. The molecular formula is C20H23NO2. The number of ether oxygens (including phenoxy) is 1. The molecule has 0 heterocycles. The Morgan fingerprint density at radius 3 is 2.74 bits per heavy atom. The Morgan fingerprint density at radius 1 is 1.13 bits per heavy atom. The molecule has 0 saturated heterocycles. The van der Waals surface area contributed by atoms with E-state index in [-0.39, 0.29) is 5.91 Å². The summed E-state index contributed by atoms with van der Waals surface area (Å²) < 4.78 is 5.97. The van der Waals surface area contributed by atoms with E-state index in [1.807, 2.05) is 37.3 Å². The minimum atomic E-state index is -0.472. The molecule has 120 valence electrons. The quantitative estimate of drug-likeness (QED) is 0.930. The fourth-order valence-corrected chi connectivity index (χ4v) is 4.26. The average Bonchev–Trinajstić information content (AvgIpc) is 3.18. The lowest BCUT2D eigenvalue weighted by Crippen LogP contribution is -2.44. The van der Waals surface area contributed by atoms with Gasteiger partial charge in [-0.15, -0.1) is 0 Å². The molecule has 2 aliphatic rings. The molecule has 1 N–H and O–H groups in total. The molecule has 2 bridgehead atoms. The van der Waals surface area contributed by atoms with Gasteiger partial charge in [-0.2, -0.15) is 0 Å². The Bertz CT molecular complexity index is 721. The van der Waals surface area contributed by atoms with Crippen LogP contribution in [0.15, 0.2) is 42.5 Å².